The molecular formula is C18H11F5N2O3S. The third-order valence-corrected chi connectivity index (χ3v) is 4.71. The summed E-state index contributed by atoms with van der Waals surface area (Å²) in [6.07, 6.45) is -3.50. The third-order valence-electron chi connectivity index (χ3n) is 3.79. The van der Waals surface area contributed by atoms with Crippen LogP contribution in [0.4, 0.5) is 22.0 Å². The van der Waals surface area contributed by atoms with Crippen molar-refractivity contribution in [2.45, 2.75) is 11.3 Å². The summed E-state index contributed by atoms with van der Waals surface area (Å²) in [4.78, 5) is 3.07. The van der Waals surface area contributed by atoms with Crippen LogP contribution in [0.5, 0.6) is 5.75 Å². The number of primary sulfonamides is 1. The van der Waals surface area contributed by atoms with E-state index in [1.807, 2.05) is 0 Å². The fourth-order valence-electron chi connectivity index (χ4n) is 2.62. The highest BCUT2D eigenvalue weighted by Crippen LogP contribution is 2.34. The van der Waals surface area contributed by atoms with E-state index in [1.165, 1.54) is 30.5 Å². The van der Waals surface area contributed by atoms with Gasteiger partial charge in [0, 0.05) is 22.9 Å². The van der Waals surface area contributed by atoms with Crippen LogP contribution in [0.3, 0.4) is 0 Å². The Morgan fingerprint density at radius 2 is 1.59 bits per heavy atom. The fraction of sp³-hybridized carbons (Fsp3) is 0.0556. The first-order chi connectivity index (χ1) is 13.5. The molecule has 0 fully saturated rings. The second-order valence-electron chi connectivity index (χ2n) is 5.78. The molecule has 0 saturated carbocycles. The Morgan fingerprint density at radius 3 is 2.17 bits per heavy atom. The molecule has 2 aromatic carbocycles. The molecule has 0 aliphatic heterocycles. The van der Waals surface area contributed by atoms with Crippen molar-refractivity contribution in [2.75, 3.05) is 0 Å². The van der Waals surface area contributed by atoms with Crippen LogP contribution in [-0.2, 0) is 10.0 Å². The van der Waals surface area contributed by atoms with Gasteiger partial charge in [0.25, 0.3) is 0 Å². The zero-order chi connectivity index (χ0) is 21.4. The van der Waals surface area contributed by atoms with E-state index in [9.17, 15) is 30.4 Å². The van der Waals surface area contributed by atoms with Gasteiger partial charge in [0.05, 0.1) is 5.69 Å². The molecule has 1 aromatic heterocycles. The lowest BCUT2D eigenvalue weighted by atomic mass is 9.99. The van der Waals surface area contributed by atoms with Crippen LogP contribution in [0.1, 0.15) is 0 Å². The normalized spacial score (nSPS) is 12.1. The molecule has 3 rings (SSSR count). The van der Waals surface area contributed by atoms with Gasteiger partial charge in [-0.05, 0) is 42.5 Å². The number of nitrogens with zero attached hydrogens (tertiary/aromatic N) is 1. The van der Waals surface area contributed by atoms with E-state index >= 15 is 0 Å². The maximum absolute atomic E-state index is 14.5. The van der Waals surface area contributed by atoms with E-state index in [2.05, 4.69) is 9.72 Å². The second-order valence-corrected chi connectivity index (χ2v) is 7.31. The summed E-state index contributed by atoms with van der Waals surface area (Å²) in [6.45, 7) is 0. The Morgan fingerprint density at radius 1 is 0.931 bits per heavy atom. The number of hydrogen-bond donors (Lipinski definition) is 1. The molecule has 11 heteroatoms. The van der Waals surface area contributed by atoms with E-state index in [0.717, 1.165) is 12.1 Å². The first-order valence-electron chi connectivity index (χ1n) is 7.79. The predicted octanol–water partition coefficient (Wildman–Crippen LogP) is 4.24. The minimum Gasteiger partial charge on any atom is -0.406 e. The van der Waals surface area contributed by atoms with Gasteiger partial charge in [-0.1, -0.05) is 6.07 Å². The molecule has 0 atom stereocenters. The molecule has 152 valence electrons. The zero-order valence-electron chi connectivity index (χ0n) is 14.2. The van der Waals surface area contributed by atoms with Crippen LogP contribution in [0.25, 0.3) is 22.4 Å². The van der Waals surface area contributed by atoms with E-state index in [0.29, 0.717) is 17.7 Å². The molecule has 0 bridgehead atoms. The van der Waals surface area contributed by atoms with Crippen molar-refractivity contribution in [3.05, 3.63) is 66.4 Å². The average molecular weight is 430 g/mol. The maximum atomic E-state index is 14.5. The zero-order valence-corrected chi connectivity index (χ0v) is 15.1. The number of aromatic nitrogens is 1. The summed E-state index contributed by atoms with van der Waals surface area (Å²) in [7, 11) is -4.47. The van der Waals surface area contributed by atoms with Crippen LogP contribution in [0, 0.1) is 11.6 Å². The van der Waals surface area contributed by atoms with Gasteiger partial charge >= 0.3 is 6.36 Å². The highest BCUT2D eigenvalue weighted by molar-refractivity contribution is 7.89. The summed E-state index contributed by atoms with van der Waals surface area (Å²) < 4.78 is 92.0. The van der Waals surface area contributed by atoms with Crippen LogP contribution < -0.4 is 9.88 Å². The number of hydrogen-bond acceptors (Lipinski definition) is 4. The SMILES string of the molecule is NS(=O)(=O)c1cc(F)c(-c2cccnc2-c2ccc(OC(F)(F)F)cc2)cc1F. The van der Waals surface area contributed by atoms with E-state index in [-0.39, 0.29) is 16.8 Å². The summed E-state index contributed by atoms with van der Waals surface area (Å²) in [6, 6.07) is 8.57. The van der Waals surface area contributed by atoms with Crippen LogP contribution in [-0.4, -0.2) is 19.8 Å². The summed E-state index contributed by atoms with van der Waals surface area (Å²) in [5.74, 6) is -2.79. The van der Waals surface area contributed by atoms with E-state index < -0.39 is 38.7 Å². The first kappa shape index (κ1) is 20.7. The lowest BCUT2D eigenvalue weighted by molar-refractivity contribution is -0.274. The lowest BCUT2D eigenvalue weighted by Gasteiger charge is -2.12. The number of sulfonamides is 1. The minimum atomic E-state index is -4.86. The number of rotatable bonds is 4. The number of benzene rings is 2. The van der Waals surface area contributed by atoms with Crippen molar-refractivity contribution < 1.29 is 35.1 Å². The van der Waals surface area contributed by atoms with Crippen molar-refractivity contribution in [3.8, 4) is 28.1 Å². The molecule has 5 nitrogen and oxygen atoms in total. The Hall–Kier alpha value is -3.05. The van der Waals surface area contributed by atoms with Crippen molar-refractivity contribution >= 4 is 10.0 Å². The van der Waals surface area contributed by atoms with E-state index in [4.69, 9.17) is 5.14 Å². The molecule has 0 radical (unpaired) electrons. The fourth-order valence-corrected chi connectivity index (χ4v) is 3.22. The summed E-state index contributed by atoms with van der Waals surface area (Å²) in [5.41, 5.74) is 0.223. The van der Waals surface area contributed by atoms with Gasteiger partial charge in [0.15, 0.2) is 0 Å². The largest absolute Gasteiger partial charge is 0.573 e. The van der Waals surface area contributed by atoms with Crippen molar-refractivity contribution in [2.24, 2.45) is 5.14 Å². The number of alkyl halides is 3. The summed E-state index contributed by atoms with van der Waals surface area (Å²) in [5, 5.41) is 4.86. The Labute approximate surface area is 161 Å². The van der Waals surface area contributed by atoms with Gasteiger partial charge in [0.2, 0.25) is 10.0 Å². The molecule has 2 N–H and O–H groups in total. The van der Waals surface area contributed by atoms with Crippen LogP contribution in [0.2, 0.25) is 0 Å². The molecule has 0 unspecified atom stereocenters. The molecule has 1 heterocycles. The molecule has 0 saturated heterocycles. The molecular weight excluding hydrogens is 419 g/mol. The molecule has 0 aliphatic rings. The van der Waals surface area contributed by atoms with Crippen molar-refractivity contribution in [1.29, 1.82) is 0 Å². The van der Waals surface area contributed by atoms with Crippen molar-refractivity contribution in [1.82, 2.24) is 4.98 Å². The quantitative estimate of drug-likeness (QED) is 0.628. The first-order valence-corrected chi connectivity index (χ1v) is 9.34. The summed E-state index contributed by atoms with van der Waals surface area (Å²) >= 11 is 0. The standard InChI is InChI=1S/C18H11F5N2O3S/c19-14-9-16(29(24,26)27)15(20)8-13(14)12-2-1-7-25-17(12)10-3-5-11(6-4-10)28-18(21,22)23/h1-9H,(H2,24,26,27). The van der Waals surface area contributed by atoms with Gasteiger partial charge in [-0.25, -0.2) is 22.3 Å². The lowest BCUT2D eigenvalue weighted by Crippen LogP contribution is -2.16. The molecule has 0 spiro atoms. The van der Waals surface area contributed by atoms with Crippen molar-refractivity contribution in [3.63, 3.8) is 0 Å². The third kappa shape index (κ3) is 4.69. The molecule has 3 aromatic rings. The molecule has 0 aliphatic carbocycles. The van der Waals surface area contributed by atoms with Gasteiger partial charge < -0.3 is 4.74 Å². The number of ether oxygens (including phenoxy) is 1. The molecule has 0 amide bonds. The monoisotopic (exact) mass is 430 g/mol. The number of pyridine rings is 1. The van der Waals surface area contributed by atoms with Gasteiger partial charge in [-0.2, -0.15) is 0 Å². The van der Waals surface area contributed by atoms with Crippen LogP contribution in [0.15, 0.2) is 59.6 Å². The number of halogens is 5. The maximum Gasteiger partial charge on any atom is 0.573 e. The highest BCUT2D eigenvalue weighted by atomic mass is 32.2. The second kappa shape index (κ2) is 7.41. The topological polar surface area (TPSA) is 82.3 Å². The predicted molar refractivity (Wildman–Crippen MR) is 93.1 cm³/mol. The number of nitrogens with two attached hydrogens (primary N) is 1. The van der Waals surface area contributed by atoms with E-state index in [1.54, 1.807) is 0 Å². The minimum absolute atomic E-state index is 0.0920. The molecule has 29 heavy (non-hydrogen) atoms. The Kier molecular flexibility index (Phi) is 5.28. The highest BCUT2D eigenvalue weighted by Gasteiger charge is 2.31. The van der Waals surface area contributed by atoms with Gasteiger partial charge in [-0.15, -0.1) is 13.2 Å². The van der Waals surface area contributed by atoms with Crippen LogP contribution >= 0.6 is 0 Å². The van der Waals surface area contributed by atoms with Gasteiger partial charge in [0.1, 0.15) is 22.3 Å². The smallest absolute Gasteiger partial charge is 0.406 e. The Bertz CT molecular complexity index is 1160. The van der Waals surface area contributed by atoms with Gasteiger partial charge in [-0.3, -0.25) is 4.98 Å². The average Bonchev–Trinajstić information content (AvgIpc) is 2.62. The Balaban J connectivity index is 2.08.